The molecule has 0 N–H and O–H groups in total. The first-order valence-corrected chi connectivity index (χ1v) is 11.8. The van der Waals surface area contributed by atoms with Crippen molar-refractivity contribution >= 4 is 17.7 Å². The van der Waals surface area contributed by atoms with E-state index in [1.165, 1.54) is 48.9 Å². The first kappa shape index (κ1) is 21.4. The number of carbonyl (C=O) groups is 1. The molecule has 3 aliphatic rings. The van der Waals surface area contributed by atoms with E-state index in [-0.39, 0.29) is 6.23 Å². The maximum absolute atomic E-state index is 11.1. The summed E-state index contributed by atoms with van der Waals surface area (Å²) < 4.78 is 5.95. The summed E-state index contributed by atoms with van der Waals surface area (Å²) in [5, 5.41) is 0. The van der Waals surface area contributed by atoms with Gasteiger partial charge in [0.05, 0.1) is 13.2 Å². The second kappa shape index (κ2) is 9.52. The summed E-state index contributed by atoms with van der Waals surface area (Å²) in [5.41, 5.74) is 4.85. The van der Waals surface area contributed by atoms with Gasteiger partial charge in [-0.25, -0.2) is 0 Å². The van der Waals surface area contributed by atoms with Gasteiger partial charge >= 0.3 is 0 Å². The van der Waals surface area contributed by atoms with E-state index in [0.29, 0.717) is 25.1 Å². The highest BCUT2D eigenvalue weighted by molar-refractivity contribution is 5.77. The first-order chi connectivity index (χ1) is 14.7. The summed E-state index contributed by atoms with van der Waals surface area (Å²) in [6.45, 7) is 10.7. The number of morpholine rings is 1. The Bertz CT molecular complexity index is 751. The highest BCUT2D eigenvalue weighted by Crippen LogP contribution is 2.44. The number of allylic oxidation sites excluding steroid dienone is 2. The van der Waals surface area contributed by atoms with Crippen LogP contribution < -0.4 is 4.90 Å². The average Bonchev–Trinajstić information content (AvgIpc) is 2.84. The van der Waals surface area contributed by atoms with E-state index in [0.717, 1.165) is 32.6 Å². The summed E-state index contributed by atoms with van der Waals surface area (Å²) >= 11 is 0. The largest absolute Gasteiger partial charge is 0.368 e. The number of hydrogen-bond acceptors (Lipinski definition) is 4. The van der Waals surface area contributed by atoms with Gasteiger partial charge in [-0.1, -0.05) is 51.0 Å². The topological polar surface area (TPSA) is 36.0 Å². The Morgan fingerprint density at radius 3 is 2.53 bits per heavy atom. The molecule has 1 aromatic carbocycles. The molecule has 1 aliphatic carbocycles. The molecule has 30 heavy (non-hydrogen) atoms. The molecule has 2 heterocycles. The number of carbonyl (C=O) groups excluding carboxylic acids is 1. The molecule has 4 rings (SSSR count). The summed E-state index contributed by atoms with van der Waals surface area (Å²) in [7, 11) is 0. The Morgan fingerprint density at radius 1 is 1.10 bits per heavy atom. The standard InChI is InChI=1S/C25H37N3O2/c1-3-25(4-2)11-9-21(10-12-25)22-7-5-6-8-23(22)27-13-15-28(16-14-27)24-19-26(20-29)17-18-30-24/h5-9,20,24H,3-4,10-19H2,1-2H3. The lowest BCUT2D eigenvalue weighted by atomic mass is 9.70. The number of piperazine rings is 1. The van der Waals surface area contributed by atoms with Gasteiger partial charge in [0.25, 0.3) is 0 Å². The number of para-hydroxylation sites is 1. The summed E-state index contributed by atoms with van der Waals surface area (Å²) in [4.78, 5) is 17.9. The molecule has 0 spiro atoms. The molecule has 164 valence electrons. The third kappa shape index (κ3) is 4.42. The fraction of sp³-hybridized carbons (Fsp3) is 0.640. The van der Waals surface area contributed by atoms with Crippen LogP contribution in [0.5, 0.6) is 0 Å². The Morgan fingerprint density at radius 2 is 1.87 bits per heavy atom. The van der Waals surface area contributed by atoms with Crippen molar-refractivity contribution in [2.24, 2.45) is 5.41 Å². The Kier molecular flexibility index (Phi) is 6.79. The second-order valence-corrected chi connectivity index (χ2v) is 9.11. The molecular weight excluding hydrogens is 374 g/mol. The predicted molar refractivity (Wildman–Crippen MR) is 122 cm³/mol. The normalized spacial score (nSPS) is 25.1. The van der Waals surface area contributed by atoms with E-state index in [2.05, 4.69) is 54.0 Å². The maximum Gasteiger partial charge on any atom is 0.209 e. The average molecular weight is 412 g/mol. The number of hydrogen-bond donors (Lipinski definition) is 0. The van der Waals surface area contributed by atoms with Crippen molar-refractivity contribution in [3.8, 4) is 0 Å². The van der Waals surface area contributed by atoms with Crippen LogP contribution in [0.25, 0.3) is 5.57 Å². The van der Waals surface area contributed by atoms with E-state index < -0.39 is 0 Å². The molecular formula is C25H37N3O2. The molecule has 1 atom stereocenters. The van der Waals surface area contributed by atoms with E-state index in [1.807, 2.05) is 4.90 Å². The zero-order valence-electron chi connectivity index (χ0n) is 18.7. The van der Waals surface area contributed by atoms with Crippen molar-refractivity contribution in [3.63, 3.8) is 0 Å². The van der Waals surface area contributed by atoms with E-state index in [9.17, 15) is 4.79 Å². The lowest BCUT2D eigenvalue weighted by Gasteiger charge is -2.43. The van der Waals surface area contributed by atoms with Gasteiger partial charge in [0.2, 0.25) is 6.41 Å². The molecule has 2 saturated heterocycles. The SMILES string of the molecule is CCC1(CC)CC=C(c2ccccc2N2CCN(C3CN(C=O)CCO3)CC2)CC1. The van der Waals surface area contributed by atoms with E-state index in [1.54, 1.807) is 0 Å². The highest BCUT2D eigenvalue weighted by Gasteiger charge is 2.31. The summed E-state index contributed by atoms with van der Waals surface area (Å²) in [5.74, 6) is 0. The molecule has 1 unspecified atom stereocenters. The van der Waals surface area contributed by atoms with Gasteiger partial charge in [-0.2, -0.15) is 0 Å². The van der Waals surface area contributed by atoms with Gasteiger partial charge in [-0.3, -0.25) is 9.69 Å². The van der Waals surface area contributed by atoms with Crippen LogP contribution in [0.3, 0.4) is 0 Å². The van der Waals surface area contributed by atoms with Gasteiger partial charge < -0.3 is 14.5 Å². The number of rotatable bonds is 6. The molecule has 0 aromatic heterocycles. The van der Waals surface area contributed by atoms with Crippen molar-refractivity contribution in [2.45, 2.75) is 52.2 Å². The van der Waals surface area contributed by atoms with Crippen LogP contribution >= 0.6 is 0 Å². The molecule has 1 amide bonds. The smallest absolute Gasteiger partial charge is 0.209 e. The monoisotopic (exact) mass is 411 g/mol. The third-order valence-electron chi connectivity index (χ3n) is 7.75. The van der Waals surface area contributed by atoms with Crippen LogP contribution in [-0.2, 0) is 9.53 Å². The second-order valence-electron chi connectivity index (χ2n) is 9.11. The van der Waals surface area contributed by atoms with E-state index in [4.69, 9.17) is 4.74 Å². The molecule has 1 aromatic rings. The zero-order valence-corrected chi connectivity index (χ0v) is 18.7. The first-order valence-electron chi connectivity index (χ1n) is 11.8. The Labute approximate surface area is 181 Å². The minimum Gasteiger partial charge on any atom is -0.368 e. The zero-order chi connectivity index (χ0) is 21.0. The summed E-state index contributed by atoms with van der Waals surface area (Å²) in [6, 6.07) is 8.95. The number of benzene rings is 1. The summed E-state index contributed by atoms with van der Waals surface area (Å²) in [6.07, 6.45) is 9.78. The maximum atomic E-state index is 11.1. The molecule has 0 saturated carbocycles. The predicted octanol–water partition coefficient (Wildman–Crippen LogP) is 4.00. The third-order valence-corrected chi connectivity index (χ3v) is 7.75. The van der Waals surface area contributed by atoms with Crippen molar-refractivity contribution < 1.29 is 9.53 Å². The minimum absolute atomic E-state index is 0.0404. The molecule has 0 radical (unpaired) electrons. The van der Waals surface area contributed by atoms with Crippen molar-refractivity contribution in [2.75, 3.05) is 50.8 Å². The quantitative estimate of drug-likeness (QED) is 0.663. The Hall–Kier alpha value is -1.85. The molecule has 5 heteroatoms. The number of nitrogens with zero attached hydrogens (tertiary/aromatic N) is 3. The van der Waals surface area contributed by atoms with Crippen LogP contribution in [0, 0.1) is 5.41 Å². The number of anilines is 1. The van der Waals surface area contributed by atoms with Gasteiger partial charge in [-0.15, -0.1) is 0 Å². The minimum atomic E-state index is 0.0404. The van der Waals surface area contributed by atoms with Gasteiger partial charge in [0.1, 0.15) is 6.23 Å². The van der Waals surface area contributed by atoms with Crippen molar-refractivity contribution in [3.05, 3.63) is 35.9 Å². The van der Waals surface area contributed by atoms with Crippen LogP contribution in [0.1, 0.15) is 51.5 Å². The van der Waals surface area contributed by atoms with Gasteiger partial charge in [0.15, 0.2) is 0 Å². The molecule has 5 nitrogen and oxygen atoms in total. The lowest BCUT2D eigenvalue weighted by molar-refractivity contribution is -0.139. The lowest BCUT2D eigenvalue weighted by Crippen LogP contribution is -2.56. The van der Waals surface area contributed by atoms with Crippen LogP contribution in [-0.4, -0.2) is 68.3 Å². The molecule has 0 bridgehead atoms. The molecule has 2 aliphatic heterocycles. The van der Waals surface area contributed by atoms with Gasteiger partial charge in [-0.05, 0) is 36.3 Å². The Balaban J connectivity index is 1.43. The number of amides is 1. The van der Waals surface area contributed by atoms with Crippen molar-refractivity contribution in [1.82, 2.24) is 9.80 Å². The van der Waals surface area contributed by atoms with Crippen LogP contribution in [0.4, 0.5) is 5.69 Å². The van der Waals surface area contributed by atoms with E-state index >= 15 is 0 Å². The van der Waals surface area contributed by atoms with Crippen molar-refractivity contribution in [1.29, 1.82) is 0 Å². The fourth-order valence-corrected chi connectivity index (χ4v) is 5.32. The fourth-order valence-electron chi connectivity index (χ4n) is 5.32. The highest BCUT2D eigenvalue weighted by atomic mass is 16.5. The van der Waals surface area contributed by atoms with Crippen LogP contribution in [0.2, 0.25) is 0 Å². The van der Waals surface area contributed by atoms with Gasteiger partial charge in [0, 0.05) is 44.0 Å². The number of ether oxygens (including phenoxy) is 1. The molecule has 2 fully saturated rings. The van der Waals surface area contributed by atoms with Crippen LogP contribution in [0.15, 0.2) is 30.3 Å².